The van der Waals surface area contributed by atoms with E-state index in [0.717, 1.165) is 31.4 Å². The number of aromatic nitrogens is 1. The number of pyridine rings is 1. The molecule has 0 aliphatic carbocycles. The van der Waals surface area contributed by atoms with Crippen LogP contribution in [0.1, 0.15) is 36.6 Å². The Morgan fingerprint density at radius 3 is 3.05 bits per heavy atom. The van der Waals surface area contributed by atoms with Gasteiger partial charge >= 0.3 is 0 Å². The molecule has 0 N–H and O–H groups in total. The molecule has 108 valence electrons. The van der Waals surface area contributed by atoms with Gasteiger partial charge in [-0.25, -0.2) is 0 Å². The van der Waals surface area contributed by atoms with Crippen molar-refractivity contribution in [3.8, 4) is 0 Å². The maximum Gasteiger partial charge on any atom is 0.247 e. The lowest BCUT2D eigenvalue weighted by Crippen LogP contribution is -2.37. The van der Waals surface area contributed by atoms with Gasteiger partial charge in [-0.1, -0.05) is 6.07 Å². The number of likely N-dealkylation sites (tertiary alicyclic amines) is 1. The first kappa shape index (κ1) is 13.6. The third-order valence-corrected chi connectivity index (χ3v) is 3.79. The van der Waals surface area contributed by atoms with Crippen molar-refractivity contribution in [2.45, 2.75) is 25.3 Å². The SMILES string of the molecule is O=C(/C=C/c1ccco1)N1CCCC[C@@H]1c1cccnc1. The summed E-state index contributed by atoms with van der Waals surface area (Å²) >= 11 is 0. The van der Waals surface area contributed by atoms with Crippen LogP contribution in [0.25, 0.3) is 6.08 Å². The number of piperidine rings is 1. The molecular weight excluding hydrogens is 264 g/mol. The first-order valence-corrected chi connectivity index (χ1v) is 7.27. The Morgan fingerprint density at radius 1 is 1.33 bits per heavy atom. The average Bonchev–Trinajstić information content (AvgIpc) is 3.07. The van der Waals surface area contributed by atoms with Crippen molar-refractivity contribution >= 4 is 12.0 Å². The fourth-order valence-electron chi connectivity index (χ4n) is 2.75. The van der Waals surface area contributed by atoms with E-state index in [1.165, 1.54) is 0 Å². The molecule has 1 atom stereocenters. The maximum absolute atomic E-state index is 12.5. The van der Waals surface area contributed by atoms with Gasteiger partial charge in [0, 0.05) is 25.0 Å². The molecule has 1 aliphatic rings. The van der Waals surface area contributed by atoms with Crippen LogP contribution in [0, 0.1) is 0 Å². The highest BCUT2D eigenvalue weighted by Gasteiger charge is 2.26. The van der Waals surface area contributed by atoms with Gasteiger partial charge < -0.3 is 9.32 Å². The van der Waals surface area contributed by atoms with Crippen molar-refractivity contribution in [1.82, 2.24) is 9.88 Å². The Morgan fingerprint density at radius 2 is 2.29 bits per heavy atom. The molecule has 3 rings (SSSR count). The molecule has 0 spiro atoms. The van der Waals surface area contributed by atoms with E-state index in [4.69, 9.17) is 4.42 Å². The van der Waals surface area contributed by atoms with Crippen LogP contribution < -0.4 is 0 Å². The number of furan rings is 1. The zero-order chi connectivity index (χ0) is 14.5. The van der Waals surface area contributed by atoms with Gasteiger partial charge in [-0.2, -0.15) is 0 Å². The Kier molecular flexibility index (Phi) is 4.15. The van der Waals surface area contributed by atoms with Crippen molar-refractivity contribution in [2.24, 2.45) is 0 Å². The summed E-state index contributed by atoms with van der Waals surface area (Å²) in [6, 6.07) is 7.73. The normalized spacial score (nSPS) is 19.0. The second kappa shape index (κ2) is 6.39. The quantitative estimate of drug-likeness (QED) is 0.810. The number of rotatable bonds is 3. The number of hydrogen-bond donors (Lipinski definition) is 0. The van der Waals surface area contributed by atoms with Gasteiger partial charge in [0.05, 0.1) is 12.3 Å². The molecule has 2 aromatic heterocycles. The van der Waals surface area contributed by atoms with E-state index in [-0.39, 0.29) is 11.9 Å². The molecule has 21 heavy (non-hydrogen) atoms. The van der Waals surface area contributed by atoms with Crippen molar-refractivity contribution in [3.63, 3.8) is 0 Å². The summed E-state index contributed by atoms with van der Waals surface area (Å²) < 4.78 is 5.22. The van der Waals surface area contributed by atoms with Crippen LogP contribution in [0.4, 0.5) is 0 Å². The Labute approximate surface area is 124 Å². The lowest BCUT2D eigenvalue weighted by molar-refractivity contribution is -0.129. The van der Waals surface area contributed by atoms with E-state index in [9.17, 15) is 4.79 Å². The van der Waals surface area contributed by atoms with E-state index in [2.05, 4.69) is 4.98 Å². The molecule has 3 heterocycles. The van der Waals surface area contributed by atoms with Crippen LogP contribution in [0.5, 0.6) is 0 Å². The van der Waals surface area contributed by atoms with Gasteiger partial charge in [0.2, 0.25) is 5.91 Å². The van der Waals surface area contributed by atoms with Gasteiger partial charge in [0.1, 0.15) is 5.76 Å². The smallest absolute Gasteiger partial charge is 0.247 e. The second-order valence-electron chi connectivity index (χ2n) is 5.18. The molecule has 4 nitrogen and oxygen atoms in total. The van der Waals surface area contributed by atoms with Gasteiger partial charge in [-0.15, -0.1) is 0 Å². The van der Waals surface area contributed by atoms with E-state index < -0.39 is 0 Å². The van der Waals surface area contributed by atoms with E-state index in [0.29, 0.717) is 5.76 Å². The van der Waals surface area contributed by atoms with E-state index in [1.54, 1.807) is 24.6 Å². The molecule has 0 aromatic carbocycles. The second-order valence-corrected chi connectivity index (χ2v) is 5.18. The highest BCUT2D eigenvalue weighted by atomic mass is 16.3. The molecule has 0 saturated carbocycles. The molecule has 1 aliphatic heterocycles. The molecule has 0 unspecified atom stereocenters. The number of carbonyl (C=O) groups excluding carboxylic acids is 1. The van der Waals surface area contributed by atoms with Crippen molar-refractivity contribution < 1.29 is 9.21 Å². The first-order valence-electron chi connectivity index (χ1n) is 7.27. The number of hydrogen-bond acceptors (Lipinski definition) is 3. The summed E-state index contributed by atoms with van der Waals surface area (Å²) in [5.74, 6) is 0.721. The standard InChI is InChI=1S/C17H18N2O2/c20-17(9-8-15-6-4-12-21-15)19-11-2-1-7-16(19)14-5-3-10-18-13-14/h3-6,8-10,12-13,16H,1-2,7,11H2/b9-8+/t16-/m1/s1. The molecule has 2 aromatic rings. The predicted octanol–water partition coefficient (Wildman–Crippen LogP) is 3.44. The zero-order valence-electron chi connectivity index (χ0n) is 11.8. The Hall–Kier alpha value is -2.36. The fraction of sp³-hybridized carbons (Fsp3) is 0.294. The molecule has 0 radical (unpaired) electrons. The third-order valence-electron chi connectivity index (χ3n) is 3.79. The van der Waals surface area contributed by atoms with Crippen molar-refractivity contribution in [1.29, 1.82) is 0 Å². The minimum absolute atomic E-state index is 0.0277. The number of carbonyl (C=O) groups is 1. The van der Waals surface area contributed by atoms with Gasteiger partial charge in [0.15, 0.2) is 0 Å². The molecule has 1 saturated heterocycles. The molecule has 0 bridgehead atoms. The molecule has 1 amide bonds. The topological polar surface area (TPSA) is 46.3 Å². The van der Waals surface area contributed by atoms with Gasteiger partial charge in [-0.3, -0.25) is 9.78 Å². The summed E-state index contributed by atoms with van der Waals surface area (Å²) in [5, 5.41) is 0. The van der Waals surface area contributed by atoms with Crippen LogP contribution in [-0.4, -0.2) is 22.3 Å². The molecule has 4 heteroatoms. The summed E-state index contributed by atoms with van der Waals surface area (Å²) in [5.41, 5.74) is 1.11. The summed E-state index contributed by atoms with van der Waals surface area (Å²) in [4.78, 5) is 18.6. The minimum atomic E-state index is 0.0277. The molecular formula is C17H18N2O2. The lowest BCUT2D eigenvalue weighted by atomic mass is 9.96. The highest BCUT2D eigenvalue weighted by Crippen LogP contribution is 2.30. The van der Waals surface area contributed by atoms with Crippen LogP contribution in [-0.2, 0) is 4.79 Å². The van der Waals surface area contributed by atoms with Crippen LogP contribution in [0.2, 0.25) is 0 Å². The van der Waals surface area contributed by atoms with Gasteiger partial charge in [0.25, 0.3) is 0 Å². The monoisotopic (exact) mass is 282 g/mol. The predicted molar refractivity (Wildman–Crippen MR) is 80.3 cm³/mol. The summed E-state index contributed by atoms with van der Waals surface area (Å²) in [6.07, 6.45) is 11.7. The van der Waals surface area contributed by atoms with E-state index in [1.807, 2.05) is 35.4 Å². The largest absolute Gasteiger partial charge is 0.465 e. The average molecular weight is 282 g/mol. The van der Waals surface area contributed by atoms with Crippen molar-refractivity contribution in [2.75, 3.05) is 6.54 Å². The highest BCUT2D eigenvalue weighted by molar-refractivity contribution is 5.91. The number of nitrogens with zero attached hydrogens (tertiary/aromatic N) is 2. The lowest BCUT2D eigenvalue weighted by Gasteiger charge is -2.35. The third kappa shape index (κ3) is 3.21. The number of amides is 1. The Bertz CT molecular complexity index is 605. The fourth-order valence-corrected chi connectivity index (χ4v) is 2.75. The minimum Gasteiger partial charge on any atom is -0.465 e. The van der Waals surface area contributed by atoms with Crippen LogP contribution >= 0.6 is 0 Å². The first-order chi connectivity index (χ1) is 10.3. The maximum atomic E-state index is 12.5. The van der Waals surface area contributed by atoms with Crippen molar-refractivity contribution in [3.05, 3.63) is 60.3 Å². The summed E-state index contributed by atoms with van der Waals surface area (Å²) in [6.45, 7) is 0.793. The van der Waals surface area contributed by atoms with Crippen LogP contribution in [0.3, 0.4) is 0 Å². The molecule has 1 fully saturated rings. The van der Waals surface area contributed by atoms with E-state index >= 15 is 0 Å². The van der Waals surface area contributed by atoms with Crippen LogP contribution in [0.15, 0.2) is 53.4 Å². The van der Waals surface area contributed by atoms with Gasteiger partial charge in [-0.05, 0) is 49.1 Å². The summed E-state index contributed by atoms with van der Waals surface area (Å²) in [7, 11) is 0. The Balaban J connectivity index is 1.76. The zero-order valence-corrected chi connectivity index (χ0v) is 11.8.